The van der Waals surface area contributed by atoms with Crippen LogP contribution in [-0.4, -0.2) is 34.0 Å². The number of carbonyl (C=O) groups is 1. The van der Waals surface area contributed by atoms with Crippen molar-refractivity contribution in [3.63, 3.8) is 0 Å². The van der Waals surface area contributed by atoms with E-state index in [4.69, 9.17) is 16.3 Å². The van der Waals surface area contributed by atoms with Gasteiger partial charge in [-0.1, -0.05) is 17.7 Å². The monoisotopic (exact) mass is 340 g/mol. The molecule has 0 amide bonds. The van der Waals surface area contributed by atoms with Crippen LogP contribution in [0.25, 0.3) is 0 Å². The van der Waals surface area contributed by atoms with Crippen LogP contribution in [0.15, 0.2) is 35.6 Å². The molecule has 0 saturated carbocycles. The molecule has 23 heavy (non-hydrogen) atoms. The first kappa shape index (κ1) is 19.3. The number of aliphatic hydroxyl groups excluding tert-OH is 2. The summed E-state index contributed by atoms with van der Waals surface area (Å²) in [5.74, 6) is -0.630. The van der Waals surface area contributed by atoms with Gasteiger partial charge in [-0.3, -0.25) is 0 Å². The molecule has 1 aromatic rings. The van der Waals surface area contributed by atoms with Gasteiger partial charge in [0, 0.05) is 12.8 Å². The minimum Gasteiger partial charge on any atom is -0.508 e. The fraction of sp³-hybridized carbons (Fsp3) is 0.412. The smallest absolute Gasteiger partial charge is 0.335 e. The molecule has 0 aromatic heterocycles. The van der Waals surface area contributed by atoms with E-state index in [9.17, 15) is 20.1 Å². The van der Waals surface area contributed by atoms with Gasteiger partial charge < -0.3 is 20.1 Å². The number of carbonyl (C=O) groups excluding carboxylic acids is 1. The fourth-order valence-electron chi connectivity index (χ4n) is 1.93. The van der Waals surface area contributed by atoms with Crippen molar-refractivity contribution in [3.05, 3.63) is 46.2 Å². The standard InChI is InChI=1S/C17H21ClO5/c1-3-23-17(22)16(21)9-11(2)5-4-6-15(20)13-8-7-12(19)10-14(13)18/h4,7-8,10,15-16,19-21H,3,6,9H2,1-2H3/t5?,15-,16-/m1/s1. The number of aromatic hydroxyl groups is 1. The van der Waals surface area contributed by atoms with Crippen molar-refractivity contribution in [1.29, 1.82) is 0 Å². The van der Waals surface area contributed by atoms with Crippen molar-refractivity contribution in [2.24, 2.45) is 0 Å². The number of benzene rings is 1. The summed E-state index contributed by atoms with van der Waals surface area (Å²) < 4.78 is 4.71. The average Bonchev–Trinajstić information content (AvgIpc) is 2.47. The molecule has 0 aliphatic carbocycles. The summed E-state index contributed by atoms with van der Waals surface area (Å²) in [6, 6.07) is 4.36. The van der Waals surface area contributed by atoms with Crippen LogP contribution in [0.1, 0.15) is 38.4 Å². The van der Waals surface area contributed by atoms with Gasteiger partial charge in [-0.25, -0.2) is 4.79 Å². The van der Waals surface area contributed by atoms with Gasteiger partial charge in [0.15, 0.2) is 6.10 Å². The summed E-state index contributed by atoms with van der Waals surface area (Å²) in [7, 11) is 0. The summed E-state index contributed by atoms with van der Waals surface area (Å²) in [6.45, 7) is 3.61. The molecule has 0 aliphatic heterocycles. The largest absolute Gasteiger partial charge is 0.508 e. The Morgan fingerprint density at radius 3 is 2.74 bits per heavy atom. The fourth-order valence-corrected chi connectivity index (χ4v) is 2.23. The number of ether oxygens (including phenoxy) is 1. The summed E-state index contributed by atoms with van der Waals surface area (Å²) >= 11 is 5.96. The molecule has 126 valence electrons. The van der Waals surface area contributed by atoms with Gasteiger partial charge in [0.2, 0.25) is 0 Å². The average molecular weight is 341 g/mol. The lowest BCUT2D eigenvalue weighted by Gasteiger charge is -2.10. The first-order valence-electron chi connectivity index (χ1n) is 7.27. The molecule has 6 heteroatoms. The summed E-state index contributed by atoms with van der Waals surface area (Å²) in [6.07, 6.45) is -0.0604. The van der Waals surface area contributed by atoms with Gasteiger partial charge in [-0.15, -0.1) is 5.73 Å². The number of phenolic OH excluding ortho intramolecular Hbond substituents is 1. The number of rotatable bonds is 7. The lowest BCUT2D eigenvalue weighted by atomic mass is 10.1. The number of hydrogen-bond acceptors (Lipinski definition) is 5. The van der Waals surface area contributed by atoms with Crippen LogP contribution in [0.3, 0.4) is 0 Å². The van der Waals surface area contributed by atoms with Gasteiger partial charge in [0.05, 0.1) is 17.7 Å². The van der Waals surface area contributed by atoms with Crippen molar-refractivity contribution in [1.82, 2.24) is 0 Å². The van der Waals surface area contributed by atoms with Gasteiger partial charge in [-0.05, 0) is 43.2 Å². The van der Waals surface area contributed by atoms with Gasteiger partial charge in [-0.2, -0.15) is 0 Å². The van der Waals surface area contributed by atoms with Crippen molar-refractivity contribution in [2.45, 2.75) is 38.9 Å². The van der Waals surface area contributed by atoms with E-state index in [2.05, 4.69) is 5.73 Å². The van der Waals surface area contributed by atoms with Crippen LogP contribution in [0.5, 0.6) is 5.75 Å². The van der Waals surface area contributed by atoms with E-state index in [-0.39, 0.29) is 30.2 Å². The third kappa shape index (κ3) is 6.47. The number of halogens is 1. The van der Waals surface area contributed by atoms with E-state index < -0.39 is 18.2 Å². The van der Waals surface area contributed by atoms with Crippen LogP contribution < -0.4 is 0 Å². The number of hydrogen-bond donors (Lipinski definition) is 3. The minimum atomic E-state index is -1.22. The van der Waals surface area contributed by atoms with E-state index in [1.807, 2.05) is 0 Å². The Morgan fingerprint density at radius 2 is 2.13 bits per heavy atom. The maximum atomic E-state index is 11.3. The van der Waals surface area contributed by atoms with Crippen molar-refractivity contribution in [2.75, 3.05) is 6.61 Å². The zero-order valence-corrected chi connectivity index (χ0v) is 13.9. The number of phenols is 1. The van der Waals surface area contributed by atoms with Crippen molar-refractivity contribution in [3.8, 4) is 5.75 Å². The predicted octanol–water partition coefficient (Wildman–Crippen LogP) is 2.88. The molecule has 1 aromatic carbocycles. The molecular formula is C17H21ClO5. The lowest BCUT2D eigenvalue weighted by molar-refractivity contribution is -0.152. The highest BCUT2D eigenvalue weighted by Crippen LogP contribution is 2.28. The maximum absolute atomic E-state index is 11.3. The van der Waals surface area contributed by atoms with E-state index in [1.165, 1.54) is 12.1 Å². The molecule has 0 fully saturated rings. The summed E-state index contributed by atoms with van der Waals surface area (Å²) in [4.78, 5) is 11.3. The quantitative estimate of drug-likeness (QED) is 0.525. The molecule has 0 saturated heterocycles. The van der Waals surface area contributed by atoms with Crippen LogP contribution in [0.4, 0.5) is 0 Å². The Labute approximate surface area is 140 Å². The molecule has 2 atom stereocenters. The van der Waals surface area contributed by atoms with E-state index in [1.54, 1.807) is 26.0 Å². The Morgan fingerprint density at radius 1 is 1.43 bits per heavy atom. The number of esters is 1. The molecule has 5 nitrogen and oxygen atoms in total. The van der Waals surface area contributed by atoms with Crippen LogP contribution >= 0.6 is 11.6 Å². The zero-order chi connectivity index (χ0) is 17.4. The molecular weight excluding hydrogens is 320 g/mol. The minimum absolute atomic E-state index is 0.0326. The SMILES string of the molecule is CCOC(=O)[C@H](O)CC(C)=C=CC[C@@H](O)c1ccc(O)cc1Cl. The first-order chi connectivity index (χ1) is 10.8. The van der Waals surface area contributed by atoms with Crippen LogP contribution in [-0.2, 0) is 9.53 Å². The Hall–Kier alpha value is -1.78. The van der Waals surface area contributed by atoms with Crippen molar-refractivity contribution < 1.29 is 24.9 Å². The Bertz CT molecular complexity index is 605. The predicted molar refractivity (Wildman–Crippen MR) is 87.2 cm³/mol. The second kappa shape index (κ2) is 9.38. The second-order valence-electron chi connectivity index (χ2n) is 5.06. The van der Waals surface area contributed by atoms with E-state index >= 15 is 0 Å². The highest BCUT2D eigenvalue weighted by Gasteiger charge is 2.16. The van der Waals surface area contributed by atoms with Crippen LogP contribution in [0.2, 0.25) is 5.02 Å². The number of aliphatic hydroxyl groups is 2. The molecule has 0 bridgehead atoms. The topological polar surface area (TPSA) is 87.0 Å². The van der Waals surface area contributed by atoms with Crippen molar-refractivity contribution >= 4 is 17.6 Å². The van der Waals surface area contributed by atoms with Gasteiger partial charge >= 0.3 is 5.97 Å². The first-order valence-corrected chi connectivity index (χ1v) is 7.64. The maximum Gasteiger partial charge on any atom is 0.335 e. The molecule has 0 heterocycles. The third-order valence-electron chi connectivity index (χ3n) is 3.09. The molecule has 0 aliphatic rings. The van der Waals surface area contributed by atoms with E-state index in [0.717, 1.165) is 0 Å². The Balaban J connectivity index is 2.64. The molecule has 0 spiro atoms. The summed E-state index contributed by atoms with van der Waals surface area (Å²) in [5.41, 5.74) is 4.08. The molecule has 0 radical (unpaired) electrons. The normalized spacial score (nSPS) is 12.9. The highest BCUT2D eigenvalue weighted by molar-refractivity contribution is 6.31. The zero-order valence-electron chi connectivity index (χ0n) is 13.1. The molecule has 3 N–H and O–H groups in total. The lowest BCUT2D eigenvalue weighted by Crippen LogP contribution is -2.23. The molecule has 1 rings (SSSR count). The van der Waals surface area contributed by atoms with Crippen LogP contribution in [0, 0.1) is 0 Å². The second-order valence-corrected chi connectivity index (χ2v) is 5.47. The van der Waals surface area contributed by atoms with Gasteiger partial charge in [0.1, 0.15) is 5.75 Å². The Kier molecular flexibility index (Phi) is 7.86. The summed E-state index contributed by atoms with van der Waals surface area (Å²) in [5, 5.41) is 29.3. The van der Waals surface area contributed by atoms with E-state index in [0.29, 0.717) is 11.1 Å². The van der Waals surface area contributed by atoms with Gasteiger partial charge in [0.25, 0.3) is 0 Å². The molecule has 0 unspecified atom stereocenters. The highest BCUT2D eigenvalue weighted by atomic mass is 35.5. The third-order valence-corrected chi connectivity index (χ3v) is 3.42.